The fraction of sp³-hybridized carbons (Fsp3) is 0.185. The second-order valence-corrected chi connectivity index (χ2v) is 9.72. The van der Waals surface area contributed by atoms with Gasteiger partial charge in [-0.3, -0.25) is 14.9 Å². The average molecular weight is 556 g/mol. The van der Waals surface area contributed by atoms with E-state index in [1.165, 1.54) is 6.07 Å². The number of carboxylic acid groups (broad SMARTS) is 1. The molecule has 3 aromatic carbocycles. The van der Waals surface area contributed by atoms with Gasteiger partial charge in [0.25, 0.3) is 5.69 Å². The standard InChI is InChI=1S/C27H20ClF2N3O6/c28-16-3-1-15(2-4-16)27(37)7-9-31(10-8-27)23-13-22-18(12-24(23)33(38)39)25(34)19(26(35)36)14-32(22)21-6-5-17(29)11-20(21)30/h1-6,11-14,37H,7-10H2,(H,35,36). The third-order valence-electron chi connectivity index (χ3n) is 7.01. The molecule has 0 unspecified atom stereocenters. The van der Waals surface area contributed by atoms with E-state index in [1.54, 1.807) is 29.2 Å². The van der Waals surface area contributed by atoms with E-state index in [9.17, 15) is 38.7 Å². The number of halogens is 3. The van der Waals surface area contributed by atoms with Gasteiger partial charge in [0.2, 0.25) is 5.43 Å². The predicted molar refractivity (Wildman–Crippen MR) is 140 cm³/mol. The van der Waals surface area contributed by atoms with Crippen LogP contribution in [-0.2, 0) is 5.60 Å². The van der Waals surface area contributed by atoms with Crippen molar-refractivity contribution < 1.29 is 28.7 Å². The summed E-state index contributed by atoms with van der Waals surface area (Å²) in [6.07, 6.45) is 1.36. The zero-order valence-corrected chi connectivity index (χ0v) is 20.9. The molecule has 2 heterocycles. The number of piperidine rings is 1. The average Bonchev–Trinajstić information content (AvgIpc) is 2.89. The van der Waals surface area contributed by atoms with Gasteiger partial charge in [-0.25, -0.2) is 13.6 Å². The summed E-state index contributed by atoms with van der Waals surface area (Å²) < 4.78 is 29.5. The van der Waals surface area contributed by atoms with Crippen molar-refractivity contribution in [3.63, 3.8) is 0 Å². The van der Waals surface area contributed by atoms with Crippen LogP contribution in [0.5, 0.6) is 0 Å². The van der Waals surface area contributed by atoms with Crippen molar-refractivity contribution in [1.82, 2.24) is 4.57 Å². The highest BCUT2D eigenvalue weighted by Crippen LogP contribution is 2.39. The maximum Gasteiger partial charge on any atom is 0.341 e. The lowest BCUT2D eigenvalue weighted by Gasteiger charge is -2.39. The Hall–Kier alpha value is -4.35. The van der Waals surface area contributed by atoms with Crippen LogP contribution < -0.4 is 10.3 Å². The fourth-order valence-corrected chi connectivity index (χ4v) is 5.07. The lowest BCUT2D eigenvalue weighted by atomic mass is 9.84. The number of carboxylic acids is 1. The molecule has 1 aliphatic heterocycles. The van der Waals surface area contributed by atoms with Crippen molar-refractivity contribution in [1.29, 1.82) is 0 Å². The van der Waals surface area contributed by atoms with Gasteiger partial charge in [-0.05, 0) is 48.7 Å². The van der Waals surface area contributed by atoms with Crippen LogP contribution in [0.4, 0.5) is 20.2 Å². The Balaban J connectivity index is 1.66. The summed E-state index contributed by atoms with van der Waals surface area (Å²) in [6.45, 7) is 0.404. The Morgan fingerprint density at radius 3 is 2.28 bits per heavy atom. The number of benzene rings is 3. The van der Waals surface area contributed by atoms with Crippen molar-refractivity contribution in [3.05, 3.63) is 109 Å². The largest absolute Gasteiger partial charge is 0.477 e. The van der Waals surface area contributed by atoms with Crippen LogP contribution in [0.25, 0.3) is 16.6 Å². The van der Waals surface area contributed by atoms with E-state index in [-0.39, 0.29) is 48.2 Å². The smallest absolute Gasteiger partial charge is 0.341 e. The van der Waals surface area contributed by atoms with Crippen LogP contribution in [-0.4, -0.2) is 38.8 Å². The summed E-state index contributed by atoms with van der Waals surface area (Å²) >= 11 is 5.95. The minimum atomic E-state index is -1.61. The highest BCUT2D eigenvalue weighted by Gasteiger charge is 2.36. The summed E-state index contributed by atoms with van der Waals surface area (Å²) in [5.74, 6) is -3.50. The monoisotopic (exact) mass is 555 g/mol. The first-order chi connectivity index (χ1) is 18.5. The molecule has 12 heteroatoms. The number of fused-ring (bicyclic) bond motifs is 1. The van der Waals surface area contributed by atoms with Crippen LogP contribution in [0.1, 0.15) is 28.8 Å². The minimum Gasteiger partial charge on any atom is -0.477 e. The highest BCUT2D eigenvalue weighted by molar-refractivity contribution is 6.30. The molecular formula is C27H20ClF2N3O6. The number of anilines is 1. The fourth-order valence-electron chi connectivity index (χ4n) is 4.94. The first-order valence-corrected chi connectivity index (χ1v) is 12.2. The highest BCUT2D eigenvalue weighted by atomic mass is 35.5. The van der Waals surface area contributed by atoms with Gasteiger partial charge in [0.05, 0.1) is 27.1 Å². The molecular weight excluding hydrogens is 536 g/mol. The van der Waals surface area contributed by atoms with Crippen molar-refractivity contribution in [2.75, 3.05) is 18.0 Å². The molecule has 39 heavy (non-hydrogen) atoms. The molecule has 9 nitrogen and oxygen atoms in total. The number of nitro groups is 1. The maximum atomic E-state index is 14.8. The number of rotatable bonds is 5. The third-order valence-corrected chi connectivity index (χ3v) is 7.26. The van der Waals surface area contributed by atoms with Gasteiger partial charge in [-0.2, -0.15) is 0 Å². The Morgan fingerprint density at radius 1 is 1.03 bits per heavy atom. The quantitative estimate of drug-likeness (QED) is 0.262. The number of aromatic nitrogens is 1. The lowest BCUT2D eigenvalue weighted by molar-refractivity contribution is -0.384. The number of aliphatic hydroxyl groups is 1. The predicted octanol–water partition coefficient (Wildman–Crippen LogP) is 5.02. The Kier molecular flexibility index (Phi) is 6.57. The number of hydrogen-bond acceptors (Lipinski definition) is 6. The zero-order chi connectivity index (χ0) is 28.1. The topological polar surface area (TPSA) is 126 Å². The number of hydrogen-bond donors (Lipinski definition) is 2. The second kappa shape index (κ2) is 9.75. The van der Waals surface area contributed by atoms with Crippen molar-refractivity contribution in [3.8, 4) is 5.69 Å². The van der Waals surface area contributed by atoms with E-state index < -0.39 is 44.8 Å². The first kappa shape index (κ1) is 26.3. The molecule has 0 radical (unpaired) electrons. The summed E-state index contributed by atoms with van der Waals surface area (Å²) in [4.78, 5) is 37.8. The molecule has 0 atom stereocenters. The molecule has 0 saturated carbocycles. The Bertz CT molecular complexity index is 1700. The second-order valence-electron chi connectivity index (χ2n) is 9.28. The molecule has 0 aliphatic carbocycles. The number of carbonyl (C=O) groups is 1. The van der Waals surface area contributed by atoms with Gasteiger partial charge < -0.3 is 19.7 Å². The van der Waals surface area contributed by atoms with Crippen LogP contribution >= 0.6 is 11.6 Å². The van der Waals surface area contributed by atoms with E-state index in [0.29, 0.717) is 16.7 Å². The normalized spacial score (nSPS) is 14.9. The van der Waals surface area contributed by atoms with Gasteiger partial charge in [-0.1, -0.05) is 23.7 Å². The number of pyridine rings is 1. The molecule has 1 fully saturated rings. The van der Waals surface area contributed by atoms with Crippen molar-refractivity contribution in [2.45, 2.75) is 18.4 Å². The van der Waals surface area contributed by atoms with Gasteiger partial charge >= 0.3 is 5.97 Å². The van der Waals surface area contributed by atoms with E-state index in [4.69, 9.17) is 11.6 Å². The molecule has 0 bridgehead atoms. The van der Waals surface area contributed by atoms with Crippen LogP contribution in [0.3, 0.4) is 0 Å². The van der Waals surface area contributed by atoms with Crippen molar-refractivity contribution in [2.24, 2.45) is 0 Å². The molecule has 1 aromatic heterocycles. The molecule has 0 spiro atoms. The van der Waals surface area contributed by atoms with Gasteiger partial charge in [0.1, 0.15) is 22.9 Å². The molecule has 2 N–H and O–H groups in total. The molecule has 0 amide bonds. The number of aromatic carboxylic acids is 1. The SMILES string of the molecule is O=C(O)c1cn(-c2ccc(F)cc2F)c2cc(N3CCC(O)(c4ccc(Cl)cc4)CC3)c([N+](=O)[O-])cc2c1=O. The number of nitrogens with zero attached hydrogens (tertiary/aromatic N) is 3. The summed E-state index contributed by atoms with van der Waals surface area (Å²) in [5, 5.41) is 33.1. The maximum absolute atomic E-state index is 14.8. The van der Waals surface area contributed by atoms with Gasteiger partial charge in [0.15, 0.2) is 0 Å². The third kappa shape index (κ3) is 4.70. The van der Waals surface area contributed by atoms with Crippen LogP contribution in [0.15, 0.2) is 65.6 Å². The molecule has 4 aromatic rings. The first-order valence-electron chi connectivity index (χ1n) is 11.8. The van der Waals surface area contributed by atoms with Gasteiger partial charge in [0, 0.05) is 36.4 Å². The van der Waals surface area contributed by atoms with E-state index >= 15 is 0 Å². The number of nitro benzene ring substituents is 1. The van der Waals surface area contributed by atoms with E-state index in [2.05, 4.69) is 0 Å². The molecule has 200 valence electrons. The zero-order valence-electron chi connectivity index (χ0n) is 20.1. The molecule has 5 rings (SSSR count). The van der Waals surface area contributed by atoms with Gasteiger partial charge in [-0.15, -0.1) is 0 Å². The molecule has 1 saturated heterocycles. The van der Waals surface area contributed by atoms with Crippen molar-refractivity contribution >= 4 is 39.8 Å². The lowest BCUT2D eigenvalue weighted by Crippen LogP contribution is -2.42. The molecule has 1 aliphatic rings. The minimum absolute atomic E-state index is 0.00496. The summed E-state index contributed by atoms with van der Waals surface area (Å²) in [5.41, 5.74) is -2.87. The Labute approximate surface area is 224 Å². The van der Waals surface area contributed by atoms with Crippen LogP contribution in [0, 0.1) is 21.7 Å². The summed E-state index contributed by atoms with van der Waals surface area (Å²) in [6, 6.07) is 11.7. The van der Waals surface area contributed by atoms with E-state index in [1.807, 2.05) is 0 Å². The van der Waals surface area contributed by atoms with E-state index in [0.717, 1.165) is 29.0 Å². The van der Waals surface area contributed by atoms with Crippen LogP contribution in [0.2, 0.25) is 5.02 Å². The summed E-state index contributed by atoms with van der Waals surface area (Å²) in [7, 11) is 0. The Morgan fingerprint density at radius 2 is 1.69 bits per heavy atom.